The van der Waals surface area contributed by atoms with Crippen LogP contribution < -0.4 is 0 Å². The van der Waals surface area contributed by atoms with E-state index in [1.165, 1.54) is 38.9 Å². The van der Waals surface area contributed by atoms with Crippen molar-refractivity contribution >= 4 is 15.9 Å². The number of halogens is 1. The minimum atomic E-state index is 0.197. The van der Waals surface area contributed by atoms with Crippen molar-refractivity contribution in [3.05, 3.63) is 161 Å². The Hall–Kier alpha value is -4.27. The van der Waals surface area contributed by atoms with Gasteiger partial charge in [-0.2, -0.15) is 0 Å². The molecular weight excluding hydrogens is 526 g/mol. The predicted molar refractivity (Wildman–Crippen MR) is 161 cm³/mol. The molecule has 1 aliphatic rings. The highest BCUT2D eigenvalue weighted by Crippen LogP contribution is 2.49. The Morgan fingerprint density at radius 3 is 1.76 bits per heavy atom. The van der Waals surface area contributed by atoms with Crippen LogP contribution >= 0.6 is 15.9 Å². The number of fused-ring (bicyclic) bond motifs is 3. The van der Waals surface area contributed by atoms with Crippen molar-refractivity contribution in [2.24, 2.45) is 0 Å². The summed E-state index contributed by atoms with van der Waals surface area (Å²) < 4.78 is 1.11. The quantitative estimate of drug-likeness (QED) is 0.213. The van der Waals surface area contributed by atoms with Crippen molar-refractivity contribution in [1.29, 1.82) is 0 Å². The van der Waals surface area contributed by atoms with Crippen LogP contribution in [0.15, 0.2) is 144 Å². The molecule has 0 N–H and O–H groups in total. The van der Waals surface area contributed by atoms with Gasteiger partial charge < -0.3 is 0 Å². The van der Waals surface area contributed by atoms with E-state index in [1.807, 2.05) is 12.1 Å². The molecule has 0 bridgehead atoms. The molecule has 1 nitrogen and oxygen atoms in total. The van der Waals surface area contributed by atoms with Crippen LogP contribution in [0, 0.1) is 0 Å². The SMILES string of the molecule is Brc1ccc2c(c1)C(c1cccc(-c3cc(-c4ccccc4)nc(-c4ccccc4)c3)c1)c1ccccc1-2. The molecular formula is C36H24BrN. The molecule has 7 rings (SSSR count). The van der Waals surface area contributed by atoms with Gasteiger partial charge >= 0.3 is 0 Å². The largest absolute Gasteiger partial charge is 0.248 e. The van der Waals surface area contributed by atoms with Crippen LogP contribution in [0.4, 0.5) is 0 Å². The Labute approximate surface area is 231 Å². The molecule has 2 heteroatoms. The first kappa shape index (κ1) is 22.9. The predicted octanol–water partition coefficient (Wildman–Crippen LogP) is 10.0. The van der Waals surface area contributed by atoms with E-state index < -0.39 is 0 Å². The fraction of sp³-hybridized carbons (Fsp3) is 0.0278. The minimum absolute atomic E-state index is 0.197. The summed E-state index contributed by atoms with van der Waals surface area (Å²) >= 11 is 3.71. The number of hydrogen-bond acceptors (Lipinski definition) is 1. The number of rotatable bonds is 4. The van der Waals surface area contributed by atoms with Crippen molar-refractivity contribution in [3.63, 3.8) is 0 Å². The summed E-state index contributed by atoms with van der Waals surface area (Å²) in [7, 11) is 0. The highest BCUT2D eigenvalue weighted by atomic mass is 79.9. The smallest absolute Gasteiger partial charge is 0.0715 e. The average molecular weight is 550 g/mol. The molecule has 5 aromatic carbocycles. The molecule has 0 aliphatic heterocycles. The highest BCUT2D eigenvalue weighted by Gasteiger charge is 2.30. The second-order valence-electron chi connectivity index (χ2n) is 9.74. The molecule has 6 aromatic rings. The van der Waals surface area contributed by atoms with Gasteiger partial charge in [-0.05, 0) is 63.2 Å². The van der Waals surface area contributed by atoms with E-state index in [0.717, 1.165) is 27.0 Å². The van der Waals surface area contributed by atoms with Crippen molar-refractivity contribution in [3.8, 4) is 44.8 Å². The fourth-order valence-electron chi connectivity index (χ4n) is 5.65. The molecule has 0 amide bonds. The summed E-state index contributed by atoms with van der Waals surface area (Å²) in [6.07, 6.45) is 0. The van der Waals surface area contributed by atoms with Crippen molar-refractivity contribution < 1.29 is 0 Å². The van der Waals surface area contributed by atoms with Gasteiger partial charge in [0.15, 0.2) is 0 Å². The third kappa shape index (κ3) is 4.08. The third-order valence-electron chi connectivity index (χ3n) is 7.40. The summed E-state index contributed by atoms with van der Waals surface area (Å²) in [5.41, 5.74) is 13.2. The molecule has 1 atom stereocenters. The number of nitrogens with zero attached hydrogens (tertiary/aromatic N) is 1. The van der Waals surface area contributed by atoms with Crippen LogP contribution in [0.25, 0.3) is 44.8 Å². The van der Waals surface area contributed by atoms with E-state index in [-0.39, 0.29) is 5.92 Å². The monoisotopic (exact) mass is 549 g/mol. The first-order valence-corrected chi connectivity index (χ1v) is 13.7. The Morgan fingerprint density at radius 1 is 0.447 bits per heavy atom. The van der Waals surface area contributed by atoms with Crippen LogP contribution in [0.5, 0.6) is 0 Å². The van der Waals surface area contributed by atoms with Gasteiger partial charge in [0, 0.05) is 21.5 Å². The fourth-order valence-corrected chi connectivity index (χ4v) is 6.03. The third-order valence-corrected chi connectivity index (χ3v) is 7.90. The van der Waals surface area contributed by atoms with E-state index in [1.54, 1.807) is 0 Å². The molecule has 0 saturated carbocycles. The number of hydrogen-bond donors (Lipinski definition) is 0. The Bertz CT molecular complexity index is 1720. The number of aromatic nitrogens is 1. The molecule has 0 radical (unpaired) electrons. The normalized spacial score (nSPS) is 13.7. The van der Waals surface area contributed by atoms with Crippen LogP contribution in [0.2, 0.25) is 0 Å². The maximum Gasteiger partial charge on any atom is 0.0715 e. The topological polar surface area (TPSA) is 12.9 Å². The number of benzene rings is 5. The summed E-state index contributed by atoms with van der Waals surface area (Å²) in [5.74, 6) is 0.197. The Balaban J connectivity index is 1.39. The molecule has 38 heavy (non-hydrogen) atoms. The lowest BCUT2D eigenvalue weighted by Crippen LogP contribution is -2.00. The van der Waals surface area contributed by atoms with Crippen LogP contribution in [0.3, 0.4) is 0 Å². The van der Waals surface area contributed by atoms with E-state index in [2.05, 4.69) is 143 Å². The number of pyridine rings is 1. The van der Waals surface area contributed by atoms with Gasteiger partial charge in [-0.25, -0.2) is 4.98 Å². The lowest BCUT2D eigenvalue weighted by Gasteiger charge is -2.17. The van der Waals surface area contributed by atoms with E-state index in [0.29, 0.717) is 0 Å². The average Bonchev–Trinajstić information content (AvgIpc) is 3.31. The molecule has 1 aliphatic carbocycles. The zero-order chi connectivity index (χ0) is 25.5. The maximum atomic E-state index is 5.06. The zero-order valence-electron chi connectivity index (χ0n) is 20.7. The summed E-state index contributed by atoms with van der Waals surface area (Å²) in [6, 6.07) is 49.8. The lowest BCUT2D eigenvalue weighted by atomic mass is 9.87. The minimum Gasteiger partial charge on any atom is -0.248 e. The van der Waals surface area contributed by atoms with Crippen molar-refractivity contribution in [1.82, 2.24) is 4.98 Å². The summed E-state index contributed by atoms with van der Waals surface area (Å²) in [4.78, 5) is 5.06. The van der Waals surface area contributed by atoms with Crippen LogP contribution in [-0.2, 0) is 0 Å². The van der Waals surface area contributed by atoms with Gasteiger partial charge in [0.2, 0.25) is 0 Å². The highest BCUT2D eigenvalue weighted by molar-refractivity contribution is 9.10. The van der Waals surface area contributed by atoms with Gasteiger partial charge in [-0.1, -0.05) is 131 Å². The van der Waals surface area contributed by atoms with Crippen LogP contribution in [0.1, 0.15) is 22.6 Å². The molecule has 1 aromatic heterocycles. The standard InChI is InChI=1S/C36H24BrN/c37-29-18-19-31-30-16-7-8-17-32(30)36(33(31)23-29)27-15-9-14-26(20-27)28-21-34(24-10-3-1-4-11-24)38-35(22-28)25-12-5-2-6-13-25/h1-23,36H. The molecule has 0 fully saturated rings. The Kier molecular flexibility index (Phi) is 5.76. The molecule has 0 saturated heterocycles. The second kappa shape index (κ2) is 9.55. The second-order valence-corrected chi connectivity index (χ2v) is 10.7. The van der Waals surface area contributed by atoms with Gasteiger partial charge in [0.05, 0.1) is 11.4 Å². The lowest BCUT2D eigenvalue weighted by molar-refractivity contribution is 1.01. The van der Waals surface area contributed by atoms with Crippen molar-refractivity contribution in [2.75, 3.05) is 0 Å². The summed E-state index contributed by atoms with van der Waals surface area (Å²) in [5, 5.41) is 0. The van der Waals surface area contributed by atoms with Crippen LogP contribution in [-0.4, -0.2) is 4.98 Å². The van der Waals surface area contributed by atoms with E-state index >= 15 is 0 Å². The van der Waals surface area contributed by atoms with Gasteiger partial charge in [0.25, 0.3) is 0 Å². The molecule has 0 spiro atoms. The summed E-state index contributed by atoms with van der Waals surface area (Å²) in [6.45, 7) is 0. The Morgan fingerprint density at radius 2 is 1.05 bits per heavy atom. The molecule has 1 unspecified atom stereocenters. The van der Waals surface area contributed by atoms with E-state index in [9.17, 15) is 0 Å². The van der Waals surface area contributed by atoms with Gasteiger partial charge in [-0.15, -0.1) is 0 Å². The molecule has 180 valence electrons. The van der Waals surface area contributed by atoms with Gasteiger partial charge in [0.1, 0.15) is 0 Å². The first-order valence-electron chi connectivity index (χ1n) is 12.9. The zero-order valence-corrected chi connectivity index (χ0v) is 22.3. The first-order chi connectivity index (χ1) is 18.7. The van der Waals surface area contributed by atoms with Gasteiger partial charge in [-0.3, -0.25) is 0 Å². The maximum absolute atomic E-state index is 5.06. The van der Waals surface area contributed by atoms with E-state index in [4.69, 9.17) is 4.98 Å². The van der Waals surface area contributed by atoms with Crippen molar-refractivity contribution in [2.45, 2.75) is 5.92 Å². The molecule has 1 heterocycles.